The largest absolute Gasteiger partial charge is 0.497 e. The van der Waals surface area contributed by atoms with Crippen LogP contribution >= 0.6 is 0 Å². The van der Waals surface area contributed by atoms with Crippen LogP contribution in [0.5, 0.6) is 17.2 Å². The Hall–Kier alpha value is -2.69. The van der Waals surface area contributed by atoms with Crippen LogP contribution in [0.25, 0.3) is 0 Å². The van der Waals surface area contributed by atoms with Crippen molar-refractivity contribution in [2.75, 3.05) is 12.4 Å². The second kappa shape index (κ2) is 8.24. The number of amides is 1. The van der Waals surface area contributed by atoms with Gasteiger partial charge in [0.05, 0.1) is 13.2 Å². The van der Waals surface area contributed by atoms with E-state index in [0.717, 1.165) is 5.75 Å². The Labute approximate surface area is 142 Å². The summed E-state index contributed by atoms with van der Waals surface area (Å²) in [6.45, 7) is 5.63. The van der Waals surface area contributed by atoms with Gasteiger partial charge < -0.3 is 19.5 Å². The fourth-order valence-electron chi connectivity index (χ4n) is 2.07. The zero-order chi connectivity index (χ0) is 17.5. The summed E-state index contributed by atoms with van der Waals surface area (Å²) in [5, 5.41) is 2.82. The second-order valence-electron chi connectivity index (χ2n) is 5.62. The molecule has 0 radical (unpaired) electrons. The fourth-order valence-corrected chi connectivity index (χ4v) is 2.07. The van der Waals surface area contributed by atoms with E-state index in [9.17, 15) is 4.79 Å². The summed E-state index contributed by atoms with van der Waals surface area (Å²) in [6.07, 6.45) is -0.523. The quantitative estimate of drug-likeness (QED) is 0.837. The van der Waals surface area contributed by atoms with Gasteiger partial charge in [-0.1, -0.05) is 6.07 Å². The lowest BCUT2D eigenvalue weighted by atomic mass is 10.2. The summed E-state index contributed by atoms with van der Waals surface area (Å²) in [5.41, 5.74) is 0.692. The van der Waals surface area contributed by atoms with Gasteiger partial charge in [-0.3, -0.25) is 4.79 Å². The predicted molar refractivity (Wildman–Crippen MR) is 93.9 cm³/mol. The summed E-state index contributed by atoms with van der Waals surface area (Å²) in [5.74, 6) is 1.80. The monoisotopic (exact) mass is 329 g/mol. The summed E-state index contributed by atoms with van der Waals surface area (Å²) >= 11 is 0. The third kappa shape index (κ3) is 5.19. The molecule has 1 atom stereocenters. The van der Waals surface area contributed by atoms with E-state index in [1.54, 1.807) is 38.3 Å². The first-order valence-corrected chi connectivity index (χ1v) is 7.86. The molecule has 0 heterocycles. The Morgan fingerprint density at radius 3 is 2.21 bits per heavy atom. The molecule has 0 aromatic heterocycles. The number of methoxy groups -OCH3 is 1. The number of anilines is 1. The van der Waals surface area contributed by atoms with Gasteiger partial charge in [0.25, 0.3) is 5.91 Å². The third-order valence-electron chi connectivity index (χ3n) is 3.22. The minimum atomic E-state index is -0.635. The van der Waals surface area contributed by atoms with Gasteiger partial charge in [0.2, 0.25) is 0 Å². The van der Waals surface area contributed by atoms with Crippen LogP contribution in [0.2, 0.25) is 0 Å². The Morgan fingerprint density at radius 2 is 1.58 bits per heavy atom. The van der Waals surface area contributed by atoms with Crippen LogP contribution in [-0.4, -0.2) is 25.2 Å². The van der Waals surface area contributed by atoms with Crippen molar-refractivity contribution in [1.29, 1.82) is 0 Å². The van der Waals surface area contributed by atoms with E-state index in [0.29, 0.717) is 17.2 Å². The van der Waals surface area contributed by atoms with Crippen LogP contribution in [0, 0.1) is 0 Å². The van der Waals surface area contributed by atoms with Crippen molar-refractivity contribution in [2.24, 2.45) is 0 Å². The highest BCUT2D eigenvalue weighted by atomic mass is 16.5. The summed E-state index contributed by atoms with van der Waals surface area (Å²) in [4.78, 5) is 12.2. The van der Waals surface area contributed by atoms with Gasteiger partial charge in [-0.05, 0) is 57.2 Å². The van der Waals surface area contributed by atoms with Crippen molar-refractivity contribution < 1.29 is 19.0 Å². The van der Waals surface area contributed by atoms with Crippen LogP contribution in [0.3, 0.4) is 0 Å². The van der Waals surface area contributed by atoms with Gasteiger partial charge in [0.15, 0.2) is 6.10 Å². The standard InChI is InChI=1S/C19H23NO4/c1-13(2)23-16-10-8-15(9-11-16)20-19(21)14(3)24-18-7-5-6-17(12-18)22-4/h5-14H,1-4H3,(H,20,21). The molecule has 2 aromatic rings. The van der Waals surface area contributed by atoms with Crippen LogP contribution < -0.4 is 19.5 Å². The molecule has 2 rings (SSSR count). The highest BCUT2D eigenvalue weighted by Gasteiger charge is 2.15. The van der Waals surface area contributed by atoms with Gasteiger partial charge >= 0.3 is 0 Å². The number of carbonyl (C=O) groups is 1. The maximum Gasteiger partial charge on any atom is 0.265 e. The zero-order valence-electron chi connectivity index (χ0n) is 14.4. The number of hydrogen-bond donors (Lipinski definition) is 1. The summed E-state index contributed by atoms with van der Waals surface area (Å²) in [7, 11) is 1.59. The van der Waals surface area contributed by atoms with Crippen molar-refractivity contribution in [3.8, 4) is 17.2 Å². The average Bonchev–Trinajstić information content (AvgIpc) is 2.56. The molecule has 128 valence electrons. The smallest absolute Gasteiger partial charge is 0.265 e. The molecule has 5 nitrogen and oxygen atoms in total. The normalized spacial score (nSPS) is 11.7. The summed E-state index contributed by atoms with van der Waals surface area (Å²) < 4.78 is 16.4. The van der Waals surface area contributed by atoms with E-state index in [2.05, 4.69) is 5.32 Å². The van der Waals surface area contributed by atoms with Gasteiger partial charge in [0, 0.05) is 11.8 Å². The van der Waals surface area contributed by atoms with Gasteiger partial charge in [0.1, 0.15) is 17.2 Å². The fraction of sp³-hybridized carbons (Fsp3) is 0.316. The van der Waals surface area contributed by atoms with E-state index in [4.69, 9.17) is 14.2 Å². The number of benzene rings is 2. The molecule has 0 fully saturated rings. The maximum atomic E-state index is 12.2. The zero-order valence-corrected chi connectivity index (χ0v) is 14.4. The van der Waals surface area contributed by atoms with Crippen molar-refractivity contribution in [1.82, 2.24) is 0 Å². The molecule has 0 saturated carbocycles. The number of nitrogens with one attached hydrogen (secondary N) is 1. The number of hydrogen-bond acceptors (Lipinski definition) is 4. The number of ether oxygens (including phenoxy) is 3. The van der Waals surface area contributed by atoms with Crippen molar-refractivity contribution >= 4 is 11.6 Å². The molecule has 0 bridgehead atoms. The molecule has 1 amide bonds. The van der Waals surface area contributed by atoms with Crippen molar-refractivity contribution in [3.05, 3.63) is 48.5 Å². The van der Waals surface area contributed by atoms with Crippen molar-refractivity contribution in [2.45, 2.75) is 33.0 Å². The average molecular weight is 329 g/mol. The highest BCUT2D eigenvalue weighted by Crippen LogP contribution is 2.21. The van der Waals surface area contributed by atoms with E-state index >= 15 is 0 Å². The lowest BCUT2D eigenvalue weighted by Crippen LogP contribution is -2.30. The Kier molecular flexibility index (Phi) is 6.07. The van der Waals surface area contributed by atoms with Crippen LogP contribution in [0.1, 0.15) is 20.8 Å². The minimum absolute atomic E-state index is 0.113. The van der Waals surface area contributed by atoms with Crippen LogP contribution in [0.15, 0.2) is 48.5 Å². The second-order valence-corrected chi connectivity index (χ2v) is 5.62. The lowest BCUT2D eigenvalue weighted by Gasteiger charge is -2.15. The third-order valence-corrected chi connectivity index (χ3v) is 3.22. The Morgan fingerprint density at radius 1 is 0.917 bits per heavy atom. The van der Waals surface area contributed by atoms with Gasteiger partial charge in [-0.25, -0.2) is 0 Å². The van der Waals surface area contributed by atoms with E-state index in [-0.39, 0.29) is 12.0 Å². The number of rotatable bonds is 7. The predicted octanol–water partition coefficient (Wildman–Crippen LogP) is 3.89. The molecule has 0 saturated heterocycles. The molecule has 1 N–H and O–H groups in total. The molecule has 24 heavy (non-hydrogen) atoms. The summed E-state index contributed by atoms with van der Waals surface area (Å²) in [6, 6.07) is 14.4. The molecule has 2 aromatic carbocycles. The number of carbonyl (C=O) groups excluding carboxylic acids is 1. The highest BCUT2D eigenvalue weighted by molar-refractivity contribution is 5.94. The molecule has 0 aliphatic carbocycles. The van der Waals surface area contributed by atoms with E-state index < -0.39 is 6.10 Å². The molecule has 5 heteroatoms. The van der Waals surface area contributed by atoms with Gasteiger partial charge in [-0.15, -0.1) is 0 Å². The van der Waals surface area contributed by atoms with E-state index in [1.807, 2.05) is 38.1 Å². The molecular weight excluding hydrogens is 306 g/mol. The molecule has 1 unspecified atom stereocenters. The van der Waals surface area contributed by atoms with Crippen molar-refractivity contribution in [3.63, 3.8) is 0 Å². The first-order chi connectivity index (χ1) is 11.5. The molecule has 0 aliphatic rings. The molecular formula is C19H23NO4. The Balaban J connectivity index is 1.93. The lowest BCUT2D eigenvalue weighted by molar-refractivity contribution is -0.122. The SMILES string of the molecule is COc1cccc(OC(C)C(=O)Nc2ccc(OC(C)C)cc2)c1. The first kappa shape index (κ1) is 17.7. The van der Waals surface area contributed by atoms with Crippen LogP contribution in [-0.2, 0) is 4.79 Å². The molecule has 0 aliphatic heterocycles. The van der Waals surface area contributed by atoms with E-state index in [1.165, 1.54) is 0 Å². The van der Waals surface area contributed by atoms with Gasteiger partial charge in [-0.2, -0.15) is 0 Å². The Bertz CT molecular complexity index is 667. The van der Waals surface area contributed by atoms with Crippen LogP contribution in [0.4, 0.5) is 5.69 Å². The topological polar surface area (TPSA) is 56.8 Å². The maximum absolute atomic E-state index is 12.2. The minimum Gasteiger partial charge on any atom is -0.497 e. The first-order valence-electron chi connectivity index (χ1n) is 7.86. The molecule has 0 spiro atoms.